The fraction of sp³-hybridized carbons (Fsp3) is 0.412. The molecule has 1 fully saturated rings. The summed E-state index contributed by atoms with van der Waals surface area (Å²) >= 11 is 0. The number of benzene rings is 1. The third kappa shape index (κ3) is 6.14. The van der Waals surface area contributed by atoms with Gasteiger partial charge in [0.25, 0.3) is 0 Å². The van der Waals surface area contributed by atoms with Crippen molar-refractivity contribution >= 4 is 33.8 Å². The van der Waals surface area contributed by atoms with E-state index < -0.39 is 12.0 Å². The van der Waals surface area contributed by atoms with Gasteiger partial charge in [0.1, 0.15) is 18.1 Å². The first-order valence-electron chi connectivity index (χ1n) is 7.88. The van der Waals surface area contributed by atoms with E-state index in [9.17, 15) is 14.0 Å². The van der Waals surface area contributed by atoms with Crippen molar-refractivity contribution in [3.05, 3.63) is 47.3 Å². The van der Waals surface area contributed by atoms with Crippen LogP contribution >= 0.6 is 21.6 Å². The molecule has 2 atom stereocenters. The van der Waals surface area contributed by atoms with Crippen molar-refractivity contribution in [3.63, 3.8) is 0 Å². The van der Waals surface area contributed by atoms with Crippen molar-refractivity contribution in [2.24, 2.45) is 5.73 Å². The Balaban J connectivity index is 1.91. The largest absolute Gasteiger partial charge is 0.480 e. The number of rotatable bonds is 8. The Morgan fingerprint density at radius 3 is 2.92 bits per heavy atom. The monoisotopic (exact) mass is 384 g/mol. The predicted molar refractivity (Wildman–Crippen MR) is 99.9 cm³/mol. The van der Waals surface area contributed by atoms with E-state index >= 15 is 0 Å². The number of likely N-dealkylation sites (tertiary alicyclic amines) is 1. The van der Waals surface area contributed by atoms with Crippen LogP contribution in [0, 0.1) is 5.82 Å². The lowest BCUT2D eigenvalue weighted by atomic mass is 10.0. The van der Waals surface area contributed by atoms with Crippen LogP contribution in [0.4, 0.5) is 4.39 Å². The number of carbonyl (C=O) groups is 2. The van der Waals surface area contributed by atoms with Gasteiger partial charge in [-0.15, -0.1) is 0 Å². The highest BCUT2D eigenvalue weighted by Gasteiger charge is 2.25. The molecule has 3 N–H and O–H groups in total. The van der Waals surface area contributed by atoms with E-state index in [2.05, 4.69) is 4.90 Å². The van der Waals surface area contributed by atoms with Crippen LogP contribution in [-0.2, 0) is 16.1 Å². The third-order valence-corrected chi connectivity index (χ3v) is 6.83. The lowest BCUT2D eigenvalue weighted by molar-refractivity contribution is -0.137. The fourth-order valence-electron chi connectivity index (χ4n) is 2.55. The van der Waals surface area contributed by atoms with Gasteiger partial charge in [-0.3, -0.25) is 14.5 Å². The van der Waals surface area contributed by atoms with E-state index in [1.807, 2.05) is 6.07 Å². The molecule has 0 aliphatic carbocycles. The normalized spacial score (nSPS) is 21.2. The van der Waals surface area contributed by atoms with E-state index in [4.69, 9.17) is 10.8 Å². The number of aliphatic carboxylic acids is 1. The van der Waals surface area contributed by atoms with Crippen molar-refractivity contribution in [2.75, 3.05) is 18.8 Å². The summed E-state index contributed by atoms with van der Waals surface area (Å²) < 4.78 is 13.8. The number of piperidine rings is 1. The first-order valence-corrected chi connectivity index (χ1v) is 10.3. The second kappa shape index (κ2) is 9.96. The average molecular weight is 384 g/mol. The molecule has 1 aromatic rings. The lowest BCUT2D eigenvalue weighted by Gasteiger charge is -2.33. The quantitative estimate of drug-likeness (QED) is 0.404. The number of carbonyl (C=O) groups excluding carboxylic acids is 1. The minimum Gasteiger partial charge on any atom is -0.480 e. The molecule has 5 nitrogen and oxygen atoms in total. The molecule has 1 aromatic carbocycles. The Labute approximate surface area is 154 Å². The molecule has 0 radical (unpaired) electrons. The number of nitrogens with two attached hydrogens (primary N) is 1. The second-order valence-corrected chi connectivity index (χ2v) is 8.40. The number of carboxylic acid groups (broad SMARTS) is 1. The number of allylic oxidation sites excluding steroid dienone is 1. The third-order valence-electron chi connectivity index (χ3n) is 3.91. The van der Waals surface area contributed by atoms with E-state index in [1.165, 1.54) is 16.9 Å². The van der Waals surface area contributed by atoms with Gasteiger partial charge in [-0.25, -0.2) is 4.39 Å². The Bertz CT molecular complexity index is 642. The highest BCUT2D eigenvalue weighted by Crippen LogP contribution is 2.36. The summed E-state index contributed by atoms with van der Waals surface area (Å²) in [5.41, 5.74) is 7.11. The summed E-state index contributed by atoms with van der Waals surface area (Å²) in [6, 6.07) is 5.80. The van der Waals surface area contributed by atoms with Crippen molar-refractivity contribution in [3.8, 4) is 0 Å². The molecule has 0 aromatic heterocycles. The van der Waals surface area contributed by atoms with Crippen molar-refractivity contribution in [1.82, 2.24) is 4.90 Å². The van der Waals surface area contributed by atoms with E-state index in [0.717, 1.165) is 24.8 Å². The predicted octanol–water partition coefficient (Wildman–Crippen LogP) is 2.32. The van der Waals surface area contributed by atoms with Crippen molar-refractivity contribution < 1.29 is 19.1 Å². The van der Waals surface area contributed by atoms with Gasteiger partial charge in [-0.05, 0) is 24.1 Å². The number of hydrogen-bond donors (Lipinski definition) is 2. The van der Waals surface area contributed by atoms with Crippen molar-refractivity contribution in [2.45, 2.75) is 24.3 Å². The lowest BCUT2D eigenvalue weighted by Crippen LogP contribution is -2.36. The van der Waals surface area contributed by atoms with Crippen LogP contribution in [0.3, 0.4) is 0 Å². The molecule has 0 bridgehead atoms. The Hall–Kier alpha value is -1.35. The molecular weight excluding hydrogens is 363 g/mol. The fourth-order valence-corrected chi connectivity index (χ4v) is 5.39. The van der Waals surface area contributed by atoms with Gasteiger partial charge in [0, 0.05) is 36.2 Å². The van der Waals surface area contributed by atoms with Gasteiger partial charge in [0.2, 0.25) is 0 Å². The zero-order chi connectivity index (χ0) is 18.2. The first kappa shape index (κ1) is 20.0. The topological polar surface area (TPSA) is 83.6 Å². The Morgan fingerprint density at radius 1 is 1.48 bits per heavy atom. The molecule has 1 saturated heterocycles. The minimum absolute atomic E-state index is 0.132. The molecule has 25 heavy (non-hydrogen) atoms. The standard InChI is InChI=1S/C17H21FN2O3S2/c18-14-4-2-1-3-12(14)9-20-7-5-16(13(10-20)6-8-21)25-24-11-15(19)17(22)23/h1-4,6,8,15-16H,5,7,9-11,19H2,(H,22,23)/b13-6-/t15-,16?/m0/s1. The van der Waals surface area contributed by atoms with Gasteiger partial charge in [0.15, 0.2) is 0 Å². The molecule has 1 aliphatic heterocycles. The van der Waals surface area contributed by atoms with Crippen LogP contribution in [0.15, 0.2) is 35.9 Å². The molecule has 2 rings (SSSR count). The highest BCUT2D eigenvalue weighted by atomic mass is 33.1. The molecule has 0 saturated carbocycles. The number of carboxylic acids is 1. The minimum atomic E-state index is -1.02. The van der Waals surface area contributed by atoms with Crippen molar-refractivity contribution in [1.29, 1.82) is 0 Å². The average Bonchev–Trinajstić information content (AvgIpc) is 2.59. The summed E-state index contributed by atoms with van der Waals surface area (Å²) in [5.74, 6) is -0.932. The summed E-state index contributed by atoms with van der Waals surface area (Å²) in [4.78, 5) is 23.8. The molecule has 1 aliphatic rings. The Kier molecular flexibility index (Phi) is 7.95. The van der Waals surface area contributed by atoms with Gasteiger partial charge in [-0.1, -0.05) is 39.8 Å². The number of nitrogens with zero attached hydrogens (tertiary/aromatic N) is 1. The number of aldehydes is 1. The molecule has 1 heterocycles. The summed E-state index contributed by atoms with van der Waals surface area (Å²) in [7, 11) is 2.96. The summed E-state index contributed by atoms with van der Waals surface area (Å²) in [5, 5.41) is 8.94. The number of halogens is 1. The van der Waals surface area contributed by atoms with E-state index in [-0.39, 0.29) is 11.1 Å². The molecule has 0 spiro atoms. The summed E-state index contributed by atoms with van der Waals surface area (Å²) in [6.45, 7) is 1.88. The van der Waals surface area contributed by atoms with Crippen LogP contribution in [0.25, 0.3) is 0 Å². The first-order chi connectivity index (χ1) is 12.0. The SMILES string of the molecule is N[C@@H](CSSC1CCN(Cc2ccccc2F)C/C1=C/C=O)C(=O)O. The van der Waals surface area contributed by atoms with Crippen LogP contribution < -0.4 is 5.73 Å². The summed E-state index contributed by atoms with van der Waals surface area (Å²) in [6.07, 6.45) is 3.14. The second-order valence-electron chi connectivity index (χ2n) is 5.78. The van der Waals surface area contributed by atoms with Gasteiger partial charge >= 0.3 is 5.97 Å². The van der Waals surface area contributed by atoms with E-state index in [0.29, 0.717) is 24.4 Å². The molecule has 1 unspecified atom stereocenters. The highest BCUT2D eigenvalue weighted by molar-refractivity contribution is 8.77. The van der Waals surface area contributed by atoms with Gasteiger partial charge in [0.05, 0.1) is 0 Å². The van der Waals surface area contributed by atoms with Crippen LogP contribution in [0.2, 0.25) is 0 Å². The smallest absolute Gasteiger partial charge is 0.321 e. The van der Waals surface area contributed by atoms with E-state index in [1.54, 1.807) is 29.0 Å². The van der Waals surface area contributed by atoms with Crippen LogP contribution in [-0.4, -0.2) is 52.4 Å². The molecule has 136 valence electrons. The number of hydrogen-bond acceptors (Lipinski definition) is 6. The zero-order valence-corrected chi connectivity index (χ0v) is 15.3. The molecule has 0 amide bonds. The van der Waals surface area contributed by atoms with Gasteiger partial charge in [-0.2, -0.15) is 0 Å². The molecular formula is C17H21FN2O3S2. The Morgan fingerprint density at radius 2 is 2.24 bits per heavy atom. The zero-order valence-electron chi connectivity index (χ0n) is 13.6. The van der Waals surface area contributed by atoms with Gasteiger partial charge < -0.3 is 10.8 Å². The maximum Gasteiger partial charge on any atom is 0.321 e. The van der Waals surface area contributed by atoms with Crippen LogP contribution in [0.1, 0.15) is 12.0 Å². The molecule has 8 heteroatoms. The maximum absolute atomic E-state index is 13.8. The maximum atomic E-state index is 13.8. The van der Waals surface area contributed by atoms with Crippen LogP contribution in [0.5, 0.6) is 0 Å².